The number of benzene rings is 1. The van der Waals surface area contributed by atoms with Gasteiger partial charge in [0.1, 0.15) is 6.29 Å². The van der Waals surface area contributed by atoms with Gasteiger partial charge in [-0.05, 0) is 38.7 Å². The van der Waals surface area contributed by atoms with Crippen molar-refractivity contribution in [1.29, 1.82) is 0 Å². The molecule has 152 valence electrons. The van der Waals surface area contributed by atoms with E-state index in [2.05, 4.69) is 105 Å². The summed E-state index contributed by atoms with van der Waals surface area (Å²) in [5.74, 6) is 0. The third-order valence-electron chi connectivity index (χ3n) is 6.16. The molecule has 0 amide bonds. The van der Waals surface area contributed by atoms with Crippen LogP contribution >= 0.6 is 15.9 Å². The van der Waals surface area contributed by atoms with Crippen LogP contribution in [0.15, 0.2) is 28.9 Å². The third kappa shape index (κ3) is 4.38. The Morgan fingerprint density at radius 1 is 1.04 bits per heavy atom. The van der Waals surface area contributed by atoms with Crippen molar-refractivity contribution in [2.24, 2.45) is 0 Å². The third-order valence-corrected chi connectivity index (χ3v) is 13.3. The van der Waals surface area contributed by atoms with Crippen LogP contribution in [-0.4, -0.2) is 38.3 Å². The Labute approximate surface area is 179 Å². The van der Waals surface area contributed by atoms with Gasteiger partial charge in [-0.2, -0.15) is 0 Å². The molecule has 0 aliphatic rings. The van der Waals surface area contributed by atoms with Crippen molar-refractivity contribution in [1.82, 2.24) is 4.23 Å². The Kier molecular flexibility index (Phi) is 7.08. The van der Waals surface area contributed by atoms with Gasteiger partial charge in [-0.25, -0.2) is 0 Å². The molecule has 0 fully saturated rings. The molecular formula is C20H36BrNO2Si3. The minimum atomic E-state index is -1.69. The molecule has 1 aromatic heterocycles. The number of fused-ring (bicyclic) bond motifs is 1. The van der Waals surface area contributed by atoms with Crippen LogP contribution in [0.3, 0.4) is 0 Å². The summed E-state index contributed by atoms with van der Waals surface area (Å²) in [6.07, 6.45) is 2.16. The topological polar surface area (TPSA) is 23.4 Å². The quantitative estimate of drug-likeness (QED) is 0.399. The van der Waals surface area contributed by atoms with Crippen molar-refractivity contribution >= 4 is 54.6 Å². The zero-order chi connectivity index (χ0) is 20.6. The van der Waals surface area contributed by atoms with E-state index in [4.69, 9.17) is 8.85 Å². The fourth-order valence-corrected chi connectivity index (χ4v) is 7.82. The maximum Gasteiger partial charge on any atom is 0.161 e. The molecule has 0 radical (unpaired) electrons. The minimum absolute atomic E-state index is 0.135. The highest BCUT2D eigenvalue weighted by atomic mass is 79.9. The Morgan fingerprint density at radius 2 is 1.59 bits per heavy atom. The molecular weight excluding hydrogens is 450 g/mol. The summed E-state index contributed by atoms with van der Waals surface area (Å²) in [4.78, 5) is 0. The second-order valence-electron chi connectivity index (χ2n) is 9.35. The van der Waals surface area contributed by atoms with Crippen molar-refractivity contribution in [2.45, 2.75) is 77.6 Å². The molecule has 1 aromatic carbocycles. The smallest absolute Gasteiger partial charge is 0.161 e. The summed E-state index contributed by atoms with van der Waals surface area (Å²) in [5, 5.41) is 1.56. The molecule has 3 nitrogen and oxygen atoms in total. The van der Waals surface area contributed by atoms with Gasteiger partial charge in [0.25, 0.3) is 0 Å². The second-order valence-corrected chi connectivity index (χ2v) is 17.1. The lowest BCUT2D eigenvalue weighted by Crippen LogP contribution is -2.44. The van der Waals surface area contributed by atoms with Crippen LogP contribution in [0.1, 0.15) is 40.2 Å². The van der Waals surface area contributed by atoms with E-state index in [9.17, 15) is 0 Å². The SMILES string of the molecule is C[SiH2]OC(O[SiH2]C)C(C)(C)c1ccc2c(c1)c(Br)cn2[Si](C)(C)C(C)(C)C. The monoisotopic (exact) mass is 485 g/mol. The molecule has 0 atom stereocenters. The van der Waals surface area contributed by atoms with E-state index in [0.29, 0.717) is 0 Å². The van der Waals surface area contributed by atoms with Crippen LogP contribution in [0.2, 0.25) is 31.2 Å². The van der Waals surface area contributed by atoms with Crippen LogP contribution < -0.4 is 0 Å². The molecule has 1 heterocycles. The zero-order valence-corrected chi connectivity index (χ0v) is 23.9. The molecule has 0 saturated heterocycles. The summed E-state index contributed by atoms with van der Waals surface area (Å²) in [7, 11) is -2.74. The van der Waals surface area contributed by atoms with Gasteiger partial charge in [0, 0.05) is 27.0 Å². The largest absolute Gasteiger partial charge is 0.400 e. The maximum atomic E-state index is 6.09. The summed E-state index contributed by atoms with van der Waals surface area (Å²) in [5.41, 5.74) is 2.43. The average Bonchev–Trinajstić information content (AvgIpc) is 2.90. The van der Waals surface area contributed by atoms with E-state index in [0.717, 1.165) is 0 Å². The number of hydrogen-bond acceptors (Lipinski definition) is 2. The molecule has 0 unspecified atom stereocenters. The molecule has 0 saturated carbocycles. The Hall–Kier alpha value is -0.189. The van der Waals surface area contributed by atoms with Crippen LogP contribution in [0.4, 0.5) is 0 Å². The fourth-order valence-electron chi connectivity index (χ4n) is 3.32. The summed E-state index contributed by atoms with van der Waals surface area (Å²) >= 11 is 3.83. The van der Waals surface area contributed by atoms with Gasteiger partial charge in [0.05, 0.1) is 0 Å². The molecule has 7 heteroatoms. The molecule has 27 heavy (non-hydrogen) atoms. The second kappa shape index (κ2) is 8.28. The highest BCUT2D eigenvalue weighted by Gasteiger charge is 2.39. The molecule has 2 aromatic rings. The lowest BCUT2D eigenvalue weighted by atomic mass is 9.83. The molecule has 0 N–H and O–H groups in total. The highest BCUT2D eigenvalue weighted by molar-refractivity contribution is 9.10. The first-order chi connectivity index (χ1) is 12.4. The summed E-state index contributed by atoms with van der Waals surface area (Å²) in [6.45, 7) is 20.8. The fraction of sp³-hybridized carbons (Fsp3) is 0.600. The van der Waals surface area contributed by atoms with Gasteiger partial charge in [0.2, 0.25) is 0 Å². The number of hydrogen-bond donors (Lipinski definition) is 0. The van der Waals surface area contributed by atoms with Crippen molar-refractivity contribution in [3.8, 4) is 0 Å². The van der Waals surface area contributed by atoms with Crippen LogP contribution in [0.25, 0.3) is 10.9 Å². The average molecular weight is 487 g/mol. The van der Waals surface area contributed by atoms with E-state index >= 15 is 0 Å². The highest BCUT2D eigenvalue weighted by Crippen LogP contribution is 2.41. The lowest BCUT2D eigenvalue weighted by Gasteiger charge is -2.38. The van der Waals surface area contributed by atoms with Crippen LogP contribution in [-0.2, 0) is 14.3 Å². The molecule has 0 aliphatic heterocycles. The number of halogens is 1. The molecule has 0 bridgehead atoms. The predicted octanol–water partition coefficient (Wildman–Crippen LogP) is 5.16. The Morgan fingerprint density at radius 3 is 2.07 bits per heavy atom. The van der Waals surface area contributed by atoms with E-state index in [1.807, 2.05) is 0 Å². The van der Waals surface area contributed by atoms with Gasteiger partial charge in [-0.3, -0.25) is 0 Å². The lowest BCUT2D eigenvalue weighted by molar-refractivity contribution is -0.0432. The van der Waals surface area contributed by atoms with Gasteiger partial charge in [-0.1, -0.05) is 66.9 Å². The van der Waals surface area contributed by atoms with Crippen molar-refractivity contribution in [2.75, 3.05) is 0 Å². The maximum absolute atomic E-state index is 6.09. The van der Waals surface area contributed by atoms with Gasteiger partial charge in [-0.15, -0.1) is 0 Å². The first-order valence-electron chi connectivity index (χ1n) is 9.92. The molecule has 0 spiro atoms. The molecule has 2 rings (SSSR count). The van der Waals surface area contributed by atoms with E-state index in [1.54, 1.807) is 0 Å². The van der Waals surface area contributed by atoms with Crippen molar-refractivity contribution in [3.63, 3.8) is 0 Å². The molecule has 0 aliphatic carbocycles. The Balaban J connectivity index is 2.57. The van der Waals surface area contributed by atoms with Crippen molar-refractivity contribution < 1.29 is 8.85 Å². The number of nitrogens with zero attached hydrogens (tertiary/aromatic N) is 1. The number of aromatic nitrogens is 1. The van der Waals surface area contributed by atoms with E-state index in [1.165, 1.54) is 20.9 Å². The first kappa shape index (κ1) is 23.1. The summed E-state index contributed by atoms with van der Waals surface area (Å²) in [6, 6.07) is 6.89. The normalized spacial score (nSPS) is 15.6. The van der Waals surface area contributed by atoms with Gasteiger partial charge in [0.15, 0.2) is 27.8 Å². The standard InChI is InChI=1S/C20H36BrNO2Si3/c1-19(2,3)27(8,9)22-13-16(21)15-12-14(10-11-17(15)22)20(4,5)18(23-25-6)24-26-7/h10-13,18H,25-26H2,1-9H3. The van der Waals surface area contributed by atoms with Crippen LogP contribution in [0.5, 0.6) is 0 Å². The predicted molar refractivity (Wildman–Crippen MR) is 130 cm³/mol. The minimum Gasteiger partial charge on any atom is -0.400 e. The van der Waals surface area contributed by atoms with E-state index < -0.39 is 27.8 Å². The van der Waals surface area contributed by atoms with Crippen molar-refractivity contribution in [3.05, 3.63) is 34.4 Å². The van der Waals surface area contributed by atoms with Crippen LogP contribution in [0, 0.1) is 0 Å². The van der Waals surface area contributed by atoms with Gasteiger partial charge >= 0.3 is 0 Å². The first-order valence-corrected chi connectivity index (χ1v) is 17.6. The van der Waals surface area contributed by atoms with E-state index in [-0.39, 0.29) is 16.7 Å². The number of rotatable bonds is 7. The van der Waals surface area contributed by atoms with Gasteiger partial charge < -0.3 is 13.1 Å². The summed E-state index contributed by atoms with van der Waals surface area (Å²) < 4.78 is 15.9. The zero-order valence-electron chi connectivity index (χ0n) is 18.4. The Bertz CT molecular complexity index is 790.